The van der Waals surface area contributed by atoms with Crippen LogP contribution in [-0.2, 0) is 4.79 Å². The van der Waals surface area contributed by atoms with Gasteiger partial charge in [0.2, 0.25) is 0 Å². The molecule has 0 atom stereocenters. The minimum Gasteiger partial charge on any atom is -0.493 e. The van der Waals surface area contributed by atoms with Crippen molar-refractivity contribution in [3.05, 3.63) is 78.6 Å². The number of thioether (sulfide) groups is 1. The Morgan fingerprint density at radius 2 is 1.94 bits per heavy atom. The van der Waals surface area contributed by atoms with Gasteiger partial charge in [0, 0.05) is 29.7 Å². The van der Waals surface area contributed by atoms with Gasteiger partial charge in [-0.1, -0.05) is 30.0 Å². The summed E-state index contributed by atoms with van der Waals surface area (Å²) in [6, 6.07) is 20.0. The maximum atomic E-state index is 12.5. The topological polar surface area (TPSA) is 103 Å². The molecule has 0 saturated heterocycles. The normalized spacial score (nSPS) is 10.4. The lowest BCUT2D eigenvalue weighted by molar-refractivity contribution is -0.131. The summed E-state index contributed by atoms with van der Waals surface area (Å²) >= 11 is 1.21. The minimum atomic E-state index is -0.483. The van der Waals surface area contributed by atoms with Crippen LogP contribution in [0.4, 0.5) is 0 Å². The smallest absolute Gasteiger partial charge is 0.321 e. The number of ether oxygens (including phenoxy) is 2. The van der Waals surface area contributed by atoms with Crippen molar-refractivity contribution in [3.8, 4) is 34.6 Å². The average molecular weight is 443 g/mol. The predicted octanol–water partition coefficient (Wildman–Crippen LogP) is 3.91. The summed E-state index contributed by atoms with van der Waals surface area (Å²) in [4.78, 5) is 16.7. The van der Waals surface area contributed by atoms with Crippen molar-refractivity contribution in [2.45, 2.75) is 5.16 Å². The number of aromatic nitrogens is 4. The lowest BCUT2D eigenvalue weighted by Crippen LogP contribution is -2.12. The van der Waals surface area contributed by atoms with E-state index in [0.29, 0.717) is 22.3 Å². The van der Waals surface area contributed by atoms with Crippen LogP contribution in [-0.4, -0.2) is 38.6 Å². The van der Waals surface area contributed by atoms with E-state index in [-0.39, 0.29) is 11.5 Å². The average Bonchev–Trinajstić information content (AvgIpc) is 3.28. The zero-order valence-electron chi connectivity index (χ0n) is 17.0. The Morgan fingerprint density at radius 1 is 1.09 bits per heavy atom. The van der Waals surface area contributed by atoms with E-state index in [1.807, 2.05) is 53.1 Å². The maximum Gasteiger partial charge on any atom is 0.321 e. The molecule has 4 aromatic rings. The molecule has 0 bridgehead atoms. The third-order valence-electron chi connectivity index (χ3n) is 4.40. The number of nitrogens with zero attached hydrogens (tertiary/aromatic N) is 5. The van der Waals surface area contributed by atoms with Crippen LogP contribution >= 0.6 is 11.8 Å². The molecule has 0 aliphatic rings. The molecule has 0 amide bonds. The highest BCUT2D eigenvalue weighted by Gasteiger charge is 2.18. The molecule has 9 heteroatoms. The van der Waals surface area contributed by atoms with Crippen LogP contribution in [0.2, 0.25) is 0 Å². The van der Waals surface area contributed by atoms with Gasteiger partial charge in [-0.05, 0) is 36.4 Å². The van der Waals surface area contributed by atoms with Gasteiger partial charge in [-0.15, -0.1) is 10.2 Å². The summed E-state index contributed by atoms with van der Waals surface area (Å²) in [6.45, 7) is 0. The predicted molar refractivity (Wildman–Crippen MR) is 119 cm³/mol. The molecule has 8 nitrogen and oxygen atoms in total. The molecule has 32 heavy (non-hydrogen) atoms. The SMILES string of the molecule is COc1cc(C#N)ccc1OC(=O)CSc1nnc(-c2cccnc2)n1-c1ccccc1. The quantitative estimate of drug-likeness (QED) is 0.241. The van der Waals surface area contributed by atoms with Gasteiger partial charge >= 0.3 is 5.97 Å². The molecule has 0 unspecified atom stereocenters. The molecule has 0 aliphatic heterocycles. The molecule has 0 spiro atoms. The Bertz CT molecular complexity index is 1270. The van der Waals surface area contributed by atoms with Gasteiger partial charge < -0.3 is 9.47 Å². The van der Waals surface area contributed by atoms with Gasteiger partial charge in [0.05, 0.1) is 24.5 Å². The number of rotatable bonds is 7. The minimum absolute atomic E-state index is 0.00115. The second kappa shape index (κ2) is 9.76. The molecular weight excluding hydrogens is 426 g/mol. The molecular formula is C23H17N5O3S. The van der Waals surface area contributed by atoms with Crippen molar-refractivity contribution in [3.63, 3.8) is 0 Å². The number of carbonyl (C=O) groups is 1. The fraction of sp³-hybridized carbons (Fsp3) is 0.0870. The molecule has 0 saturated carbocycles. The summed E-state index contributed by atoms with van der Waals surface area (Å²) in [7, 11) is 1.45. The Morgan fingerprint density at radius 3 is 2.66 bits per heavy atom. The number of nitriles is 1. The third kappa shape index (κ3) is 4.61. The van der Waals surface area contributed by atoms with E-state index in [9.17, 15) is 4.79 Å². The Labute approximate surface area is 188 Å². The maximum absolute atomic E-state index is 12.5. The van der Waals surface area contributed by atoms with Gasteiger partial charge in [-0.3, -0.25) is 14.3 Å². The van der Waals surface area contributed by atoms with E-state index < -0.39 is 5.97 Å². The van der Waals surface area contributed by atoms with Crippen molar-refractivity contribution >= 4 is 17.7 Å². The largest absolute Gasteiger partial charge is 0.493 e. The summed E-state index contributed by atoms with van der Waals surface area (Å²) in [5.41, 5.74) is 2.08. The third-order valence-corrected chi connectivity index (χ3v) is 5.31. The van der Waals surface area contributed by atoms with Crippen LogP contribution in [0.15, 0.2) is 78.2 Å². The Kier molecular flexibility index (Phi) is 6.43. The van der Waals surface area contributed by atoms with Crippen molar-refractivity contribution in [1.82, 2.24) is 19.7 Å². The number of benzene rings is 2. The number of hydrogen-bond acceptors (Lipinski definition) is 8. The van der Waals surface area contributed by atoms with Crippen LogP contribution in [0.1, 0.15) is 5.56 Å². The van der Waals surface area contributed by atoms with Crippen molar-refractivity contribution < 1.29 is 14.3 Å². The van der Waals surface area contributed by atoms with E-state index in [1.54, 1.807) is 18.5 Å². The van der Waals surface area contributed by atoms with E-state index in [0.717, 1.165) is 11.3 Å². The molecule has 0 aliphatic carbocycles. The number of methoxy groups -OCH3 is 1. The molecule has 0 N–H and O–H groups in total. The molecule has 158 valence electrons. The molecule has 2 aromatic carbocycles. The molecule has 0 fully saturated rings. The molecule has 2 heterocycles. The lowest BCUT2D eigenvalue weighted by Gasteiger charge is -2.11. The van der Waals surface area contributed by atoms with E-state index in [2.05, 4.69) is 15.2 Å². The number of pyridine rings is 1. The van der Waals surface area contributed by atoms with E-state index >= 15 is 0 Å². The van der Waals surface area contributed by atoms with Gasteiger partial charge in [0.1, 0.15) is 0 Å². The number of esters is 1. The fourth-order valence-electron chi connectivity index (χ4n) is 2.95. The Balaban J connectivity index is 1.56. The fourth-order valence-corrected chi connectivity index (χ4v) is 3.68. The van der Waals surface area contributed by atoms with Gasteiger partial charge in [0.15, 0.2) is 22.5 Å². The highest BCUT2D eigenvalue weighted by Crippen LogP contribution is 2.30. The van der Waals surface area contributed by atoms with Crippen LogP contribution in [0, 0.1) is 11.3 Å². The van der Waals surface area contributed by atoms with Crippen LogP contribution < -0.4 is 9.47 Å². The first-order chi connectivity index (χ1) is 15.7. The monoisotopic (exact) mass is 443 g/mol. The zero-order valence-corrected chi connectivity index (χ0v) is 17.8. The highest BCUT2D eigenvalue weighted by atomic mass is 32.2. The second-order valence-corrected chi connectivity index (χ2v) is 7.40. The standard InChI is InChI=1S/C23H17N5O3S/c1-30-20-12-16(13-24)9-10-19(20)31-21(29)15-32-23-27-26-22(17-6-5-11-25-14-17)28(23)18-7-3-2-4-8-18/h2-12,14H,15H2,1H3. The summed E-state index contributed by atoms with van der Waals surface area (Å²) in [6.07, 6.45) is 3.40. The lowest BCUT2D eigenvalue weighted by atomic mass is 10.2. The highest BCUT2D eigenvalue weighted by molar-refractivity contribution is 7.99. The number of hydrogen-bond donors (Lipinski definition) is 0. The Hall–Kier alpha value is -4.16. The summed E-state index contributed by atoms with van der Waals surface area (Å²) in [5, 5.41) is 18.2. The van der Waals surface area contributed by atoms with Crippen LogP contribution in [0.3, 0.4) is 0 Å². The molecule has 0 radical (unpaired) electrons. The number of carbonyl (C=O) groups excluding carboxylic acids is 1. The van der Waals surface area contributed by atoms with Crippen molar-refractivity contribution in [2.24, 2.45) is 0 Å². The first-order valence-corrected chi connectivity index (χ1v) is 10.5. The van der Waals surface area contributed by atoms with Gasteiger partial charge in [-0.2, -0.15) is 5.26 Å². The zero-order chi connectivity index (χ0) is 22.3. The van der Waals surface area contributed by atoms with Crippen LogP contribution in [0.25, 0.3) is 17.1 Å². The van der Waals surface area contributed by atoms with E-state index in [1.165, 1.54) is 31.0 Å². The van der Waals surface area contributed by atoms with E-state index in [4.69, 9.17) is 14.7 Å². The summed E-state index contributed by atoms with van der Waals surface area (Å²) in [5.74, 6) is 0.699. The van der Waals surface area contributed by atoms with Crippen molar-refractivity contribution in [2.75, 3.05) is 12.9 Å². The summed E-state index contributed by atoms with van der Waals surface area (Å²) < 4.78 is 12.5. The van der Waals surface area contributed by atoms with Gasteiger partial charge in [0.25, 0.3) is 0 Å². The van der Waals surface area contributed by atoms with Crippen LogP contribution in [0.5, 0.6) is 11.5 Å². The van der Waals surface area contributed by atoms with Gasteiger partial charge in [-0.25, -0.2) is 0 Å². The molecule has 4 rings (SSSR count). The first-order valence-electron chi connectivity index (χ1n) is 9.52. The number of para-hydroxylation sites is 1. The first kappa shape index (κ1) is 21.1. The second-order valence-electron chi connectivity index (χ2n) is 6.46. The molecule has 2 aromatic heterocycles. The van der Waals surface area contributed by atoms with Crippen molar-refractivity contribution in [1.29, 1.82) is 5.26 Å².